The number of rotatable bonds is 5. The first kappa shape index (κ1) is 17.2. The van der Waals surface area contributed by atoms with Crippen LogP contribution in [0.4, 0.5) is 0 Å². The molecule has 1 heterocycles. The van der Waals surface area contributed by atoms with Gasteiger partial charge in [0.15, 0.2) is 6.61 Å². The topological polar surface area (TPSA) is 68.3 Å². The Balaban J connectivity index is 2.01. The molecule has 1 aromatic heterocycles. The van der Waals surface area contributed by atoms with Gasteiger partial charge in [-0.05, 0) is 50.6 Å². The van der Waals surface area contributed by atoms with Crippen molar-refractivity contribution in [2.24, 2.45) is 0 Å². The Morgan fingerprint density at radius 2 is 2.00 bits per heavy atom. The smallest absolute Gasteiger partial charge is 0.338 e. The molecular formula is C17H19ClN2O3. The largest absolute Gasteiger partial charge is 0.452 e. The van der Waals surface area contributed by atoms with Gasteiger partial charge in [0, 0.05) is 10.9 Å². The highest BCUT2D eigenvalue weighted by Gasteiger charge is 2.19. The third kappa shape index (κ3) is 4.66. The third-order valence-electron chi connectivity index (χ3n) is 3.59. The quantitative estimate of drug-likeness (QED) is 0.672. The molecule has 1 aromatic carbocycles. The lowest BCUT2D eigenvalue weighted by Crippen LogP contribution is -2.44. The van der Waals surface area contributed by atoms with Crippen molar-refractivity contribution in [3.05, 3.63) is 41.0 Å². The normalized spacial score (nSPS) is 11.3. The highest BCUT2D eigenvalue weighted by Crippen LogP contribution is 2.17. The van der Waals surface area contributed by atoms with Gasteiger partial charge in [-0.2, -0.15) is 0 Å². The number of ether oxygens (including phenoxy) is 1. The summed E-state index contributed by atoms with van der Waals surface area (Å²) in [5.41, 5.74) is 0.734. The Labute approximate surface area is 140 Å². The number of aromatic nitrogens is 1. The lowest BCUT2D eigenvalue weighted by Gasteiger charge is -2.24. The fraction of sp³-hybridized carbons (Fsp3) is 0.353. The first-order chi connectivity index (χ1) is 10.8. The van der Waals surface area contributed by atoms with Gasteiger partial charge in [0.2, 0.25) is 0 Å². The number of amides is 1. The first-order valence-corrected chi connectivity index (χ1v) is 7.73. The van der Waals surface area contributed by atoms with Gasteiger partial charge in [0.25, 0.3) is 5.91 Å². The molecule has 122 valence electrons. The zero-order valence-electron chi connectivity index (χ0n) is 13.4. The average molecular weight is 335 g/mol. The highest BCUT2D eigenvalue weighted by atomic mass is 35.5. The predicted octanol–water partition coefficient (Wildman–Crippen LogP) is 3.35. The maximum Gasteiger partial charge on any atom is 0.338 e. The summed E-state index contributed by atoms with van der Waals surface area (Å²) in [6, 6.07) is 8.38. The molecule has 1 amide bonds. The van der Waals surface area contributed by atoms with Crippen LogP contribution in [0.2, 0.25) is 5.15 Å². The van der Waals surface area contributed by atoms with Gasteiger partial charge in [-0.3, -0.25) is 4.79 Å². The van der Waals surface area contributed by atoms with Gasteiger partial charge in [0.1, 0.15) is 5.15 Å². The van der Waals surface area contributed by atoms with Gasteiger partial charge >= 0.3 is 5.97 Å². The van der Waals surface area contributed by atoms with E-state index in [1.165, 1.54) is 0 Å². The first-order valence-electron chi connectivity index (χ1n) is 7.35. The van der Waals surface area contributed by atoms with E-state index in [-0.39, 0.29) is 18.1 Å². The Hall–Kier alpha value is -2.14. The van der Waals surface area contributed by atoms with Crippen LogP contribution in [0.15, 0.2) is 30.3 Å². The van der Waals surface area contributed by atoms with Crippen LogP contribution in [0, 0.1) is 0 Å². The summed E-state index contributed by atoms with van der Waals surface area (Å²) in [6.45, 7) is 5.49. The van der Waals surface area contributed by atoms with E-state index >= 15 is 0 Å². The van der Waals surface area contributed by atoms with Crippen molar-refractivity contribution >= 4 is 34.4 Å². The van der Waals surface area contributed by atoms with E-state index < -0.39 is 5.97 Å². The summed E-state index contributed by atoms with van der Waals surface area (Å²) in [5.74, 6) is -0.870. The lowest BCUT2D eigenvalue weighted by molar-refractivity contribution is -0.125. The molecule has 0 aliphatic heterocycles. The molecule has 0 unspecified atom stereocenters. The van der Waals surface area contributed by atoms with Gasteiger partial charge in [-0.15, -0.1) is 0 Å². The highest BCUT2D eigenvalue weighted by molar-refractivity contribution is 6.29. The molecule has 0 aliphatic rings. The number of hydrogen-bond donors (Lipinski definition) is 1. The van der Waals surface area contributed by atoms with Crippen molar-refractivity contribution in [1.82, 2.24) is 10.3 Å². The number of halogens is 1. The van der Waals surface area contributed by atoms with Crippen LogP contribution in [0.1, 0.15) is 37.6 Å². The van der Waals surface area contributed by atoms with Crippen molar-refractivity contribution < 1.29 is 14.3 Å². The van der Waals surface area contributed by atoms with E-state index in [2.05, 4.69) is 10.3 Å². The summed E-state index contributed by atoms with van der Waals surface area (Å²) >= 11 is 5.82. The number of carbonyl (C=O) groups is 2. The number of fused-ring (bicyclic) bond motifs is 1. The number of carbonyl (C=O) groups excluding carboxylic acids is 2. The molecule has 23 heavy (non-hydrogen) atoms. The Morgan fingerprint density at radius 1 is 1.26 bits per heavy atom. The number of hydrogen-bond acceptors (Lipinski definition) is 4. The number of nitrogens with one attached hydrogen (secondary N) is 1. The molecule has 0 spiro atoms. The molecule has 2 aromatic rings. The van der Waals surface area contributed by atoms with E-state index in [0.717, 1.165) is 11.8 Å². The van der Waals surface area contributed by atoms with E-state index in [9.17, 15) is 9.59 Å². The van der Waals surface area contributed by atoms with E-state index in [1.807, 2.05) is 20.8 Å². The Kier molecular flexibility index (Phi) is 5.21. The van der Waals surface area contributed by atoms with Crippen LogP contribution in [-0.2, 0) is 9.53 Å². The summed E-state index contributed by atoms with van der Waals surface area (Å²) < 4.78 is 5.06. The third-order valence-corrected chi connectivity index (χ3v) is 3.80. The van der Waals surface area contributed by atoms with Gasteiger partial charge in [0.05, 0.1) is 11.1 Å². The fourth-order valence-corrected chi connectivity index (χ4v) is 2.10. The van der Waals surface area contributed by atoms with Crippen molar-refractivity contribution in [2.45, 2.75) is 32.7 Å². The van der Waals surface area contributed by atoms with Gasteiger partial charge < -0.3 is 10.1 Å². The molecule has 0 bridgehead atoms. The van der Waals surface area contributed by atoms with Crippen molar-refractivity contribution in [3.8, 4) is 0 Å². The molecule has 0 saturated heterocycles. The van der Waals surface area contributed by atoms with Crippen LogP contribution in [0.25, 0.3) is 10.9 Å². The molecule has 6 heteroatoms. The second-order valence-corrected chi connectivity index (χ2v) is 6.29. The minimum absolute atomic E-state index is 0.306. The summed E-state index contributed by atoms with van der Waals surface area (Å²) in [6.07, 6.45) is 0.785. The molecule has 0 atom stereocenters. The number of benzene rings is 1. The van der Waals surface area contributed by atoms with Crippen LogP contribution >= 0.6 is 11.6 Å². The monoisotopic (exact) mass is 334 g/mol. The van der Waals surface area contributed by atoms with E-state index in [1.54, 1.807) is 30.3 Å². The molecule has 2 rings (SSSR count). The van der Waals surface area contributed by atoms with E-state index in [4.69, 9.17) is 16.3 Å². The minimum atomic E-state index is -0.550. The van der Waals surface area contributed by atoms with Crippen molar-refractivity contribution in [3.63, 3.8) is 0 Å². The Morgan fingerprint density at radius 3 is 2.70 bits per heavy atom. The fourth-order valence-electron chi connectivity index (χ4n) is 1.94. The SMILES string of the molecule is CCC(C)(C)NC(=O)COC(=O)c1ccc2nc(Cl)ccc2c1. The molecule has 0 radical (unpaired) electrons. The number of nitrogens with zero attached hydrogens (tertiary/aromatic N) is 1. The van der Waals surface area contributed by atoms with Crippen LogP contribution in [0.3, 0.4) is 0 Å². The molecule has 0 aliphatic carbocycles. The zero-order valence-corrected chi connectivity index (χ0v) is 14.1. The zero-order chi connectivity index (χ0) is 17.0. The summed E-state index contributed by atoms with van der Waals surface area (Å²) in [4.78, 5) is 28.0. The standard InChI is InChI=1S/C17H19ClN2O3/c1-4-17(2,3)20-15(21)10-23-16(22)12-5-7-13-11(9-12)6-8-14(18)19-13/h5-9H,4,10H2,1-3H3,(H,20,21). The van der Waals surface area contributed by atoms with Gasteiger partial charge in [-0.1, -0.05) is 18.5 Å². The average Bonchev–Trinajstić information content (AvgIpc) is 2.51. The second kappa shape index (κ2) is 6.96. The minimum Gasteiger partial charge on any atom is -0.452 e. The van der Waals surface area contributed by atoms with E-state index in [0.29, 0.717) is 16.2 Å². The number of pyridine rings is 1. The predicted molar refractivity (Wildman–Crippen MR) is 89.5 cm³/mol. The van der Waals surface area contributed by atoms with Crippen LogP contribution in [0.5, 0.6) is 0 Å². The van der Waals surface area contributed by atoms with Crippen LogP contribution in [-0.4, -0.2) is 29.0 Å². The van der Waals surface area contributed by atoms with Crippen molar-refractivity contribution in [1.29, 1.82) is 0 Å². The maximum atomic E-state index is 12.0. The van der Waals surface area contributed by atoms with Gasteiger partial charge in [-0.25, -0.2) is 9.78 Å². The Bertz CT molecular complexity index is 744. The second-order valence-electron chi connectivity index (χ2n) is 5.90. The summed E-state index contributed by atoms with van der Waals surface area (Å²) in [5, 5.41) is 3.98. The maximum absolute atomic E-state index is 12.0. The lowest BCUT2D eigenvalue weighted by atomic mass is 10.0. The summed E-state index contributed by atoms with van der Waals surface area (Å²) in [7, 11) is 0. The molecule has 5 nitrogen and oxygen atoms in total. The molecule has 0 saturated carbocycles. The molecular weight excluding hydrogens is 316 g/mol. The molecule has 0 fully saturated rings. The molecule has 1 N–H and O–H groups in total. The van der Waals surface area contributed by atoms with Crippen molar-refractivity contribution in [2.75, 3.05) is 6.61 Å². The number of esters is 1. The van der Waals surface area contributed by atoms with Crippen LogP contribution < -0.4 is 5.32 Å².